The van der Waals surface area contributed by atoms with Crippen LogP contribution in [0.1, 0.15) is 24.5 Å². The molecule has 4 nitrogen and oxygen atoms in total. The maximum Gasteiger partial charge on any atom is 0.169 e. The zero-order chi connectivity index (χ0) is 16.4. The maximum absolute atomic E-state index is 10.4. The standard InChI is InChI=1S/C19H23NO3/c1-11-5-7-14(21)17-16(11)19-9-10-20(3)12(2)13(19)6-8-15(22-4)18(19)23-17/h5-8,12,18,21H,9-10H2,1-4H3/t12?,18?,19-/m0/s1. The molecule has 3 aliphatic rings. The predicted molar refractivity (Wildman–Crippen MR) is 88.8 cm³/mol. The lowest BCUT2D eigenvalue weighted by Crippen LogP contribution is -2.54. The molecule has 2 unspecified atom stereocenters. The summed E-state index contributed by atoms with van der Waals surface area (Å²) in [4.78, 5) is 2.37. The van der Waals surface area contributed by atoms with Gasteiger partial charge in [-0.1, -0.05) is 12.1 Å². The van der Waals surface area contributed by atoms with Crippen molar-refractivity contribution >= 4 is 0 Å². The summed E-state index contributed by atoms with van der Waals surface area (Å²) < 4.78 is 11.9. The molecule has 0 saturated carbocycles. The number of allylic oxidation sites excluding steroid dienone is 2. The molecule has 1 aromatic rings. The highest BCUT2D eigenvalue weighted by molar-refractivity contribution is 5.64. The fraction of sp³-hybridized carbons (Fsp3) is 0.474. The van der Waals surface area contributed by atoms with Gasteiger partial charge in [0.25, 0.3) is 0 Å². The molecule has 1 saturated heterocycles. The van der Waals surface area contributed by atoms with E-state index in [1.165, 1.54) is 11.1 Å². The van der Waals surface area contributed by atoms with Crippen LogP contribution in [0.2, 0.25) is 0 Å². The molecule has 4 heteroatoms. The molecule has 1 aromatic carbocycles. The largest absolute Gasteiger partial charge is 0.504 e. The molecular weight excluding hydrogens is 290 g/mol. The lowest BCUT2D eigenvalue weighted by molar-refractivity contribution is 0.0807. The Labute approximate surface area is 137 Å². The average molecular weight is 313 g/mol. The van der Waals surface area contributed by atoms with Gasteiger partial charge in [0.05, 0.1) is 12.5 Å². The van der Waals surface area contributed by atoms with E-state index in [1.54, 1.807) is 13.2 Å². The van der Waals surface area contributed by atoms with Crippen LogP contribution in [0.4, 0.5) is 0 Å². The molecule has 122 valence electrons. The van der Waals surface area contributed by atoms with Crippen LogP contribution in [-0.2, 0) is 10.2 Å². The number of ether oxygens (including phenoxy) is 2. The van der Waals surface area contributed by atoms with Crippen molar-refractivity contribution in [3.05, 3.63) is 46.7 Å². The van der Waals surface area contributed by atoms with Gasteiger partial charge in [0.15, 0.2) is 17.6 Å². The van der Waals surface area contributed by atoms with Gasteiger partial charge in [-0.25, -0.2) is 0 Å². The Morgan fingerprint density at radius 2 is 2.13 bits per heavy atom. The summed E-state index contributed by atoms with van der Waals surface area (Å²) in [5.41, 5.74) is 3.42. The summed E-state index contributed by atoms with van der Waals surface area (Å²) in [6, 6.07) is 4.04. The Balaban J connectivity index is 2.01. The van der Waals surface area contributed by atoms with Gasteiger partial charge in [0.2, 0.25) is 0 Å². The van der Waals surface area contributed by atoms with E-state index in [-0.39, 0.29) is 17.3 Å². The quantitative estimate of drug-likeness (QED) is 0.865. The Bertz CT molecular complexity index is 736. The fourth-order valence-electron chi connectivity index (χ4n) is 4.57. The van der Waals surface area contributed by atoms with Gasteiger partial charge in [0.1, 0.15) is 5.76 Å². The van der Waals surface area contributed by atoms with Crippen LogP contribution in [0.3, 0.4) is 0 Å². The lowest BCUT2D eigenvalue weighted by Gasteiger charge is -2.48. The van der Waals surface area contributed by atoms with Crippen LogP contribution in [0.25, 0.3) is 0 Å². The van der Waals surface area contributed by atoms with Gasteiger partial charge < -0.3 is 14.6 Å². The number of aromatic hydroxyl groups is 1. The second-order valence-corrected chi connectivity index (χ2v) is 6.88. The molecule has 1 N–H and O–H groups in total. The number of rotatable bonds is 1. The van der Waals surface area contributed by atoms with Gasteiger partial charge in [-0.3, -0.25) is 4.90 Å². The Morgan fingerprint density at radius 1 is 1.35 bits per heavy atom. The van der Waals surface area contributed by atoms with Crippen molar-refractivity contribution in [1.29, 1.82) is 0 Å². The van der Waals surface area contributed by atoms with E-state index in [9.17, 15) is 5.11 Å². The second kappa shape index (κ2) is 4.78. The number of methoxy groups -OCH3 is 1. The first-order chi connectivity index (χ1) is 11.0. The summed E-state index contributed by atoms with van der Waals surface area (Å²) in [5, 5.41) is 10.4. The third-order valence-electron chi connectivity index (χ3n) is 5.88. The monoisotopic (exact) mass is 313 g/mol. The van der Waals surface area contributed by atoms with Gasteiger partial charge in [-0.2, -0.15) is 0 Å². The number of hydrogen-bond donors (Lipinski definition) is 1. The predicted octanol–water partition coefficient (Wildman–Crippen LogP) is 2.89. The minimum atomic E-state index is -0.232. The lowest BCUT2D eigenvalue weighted by atomic mass is 9.61. The van der Waals surface area contributed by atoms with Crippen molar-refractivity contribution in [2.75, 3.05) is 20.7 Å². The normalized spacial score (nSPS) is 32.2. The van der Waals surface area contributed by atoms with Crippen molar-refractivity contribution in [3.8, 4) is 11.5 Å². The zero-order valence-electron chi connectivity index (χ0n) is 14.1. The Hall–Kier alpha value is -1.94. The van der Waals surface area contributed by atoms with Crippen LogP contribution in [-0.4, -0.2) is 42.9 Å². The van der Waals surface area contributed by atoms with Gasteiger partial charge in [-0.05, 0) is 57.1 Å². The number of phenols is 1. The van der Waals surface area contributed by atoms with E-state index in [0.717, 1.165) is 24.3 Å². The number of likely N-dealkylation sites (tertiary alicyclic amines) is 1. The summed E-state index contributed by atoms with van der Waals surface area (Å²) >= 11 is 0. The molecule has 0 aromatic heterocycles. The third-order valence-corrected chi connectivity index (χ3v) is 5.88. The highest BCUT2D eigenvalue weighted by Gasteiger charge is 2.58. The first-order valence-corrected chi connectivity index (χ1v) is 8.17. The third kappa shape index (κ3) is 1.70. The molecule has 1 aliphatic carbocycles. The number of aryl methyl sites for hydroxylation is 1. The zero-order valence-corrected chi connectivity index (χ0v) is 14.1. The summed E-state index contributed by atoms with van der Waals surface area (Å²) in [6.45, 7) is 5.33. The van der Waals surface area contributed by atoms with Crippen molar-refractivity contribution in [2.45, 2.75) is 37.8 Å². The van der Waals surface area contributed by atoms with Crippen molar-refractivity contribution in [2.24, 2.45) is 0 Å². The first-order valence-electron chi connectivity index (χ1n) is 8.17. The SMILES string of the molecule is COC1=CC=C2C(C)N(C)CC[C@@]23c2c(C)ccc(O)c2OC13. The van der Waals surface area contributed by atoms with Crippen molar-refractivity contribution in [1.82, 2.24) is 4.90 Å². The highest BCUT2D eigenvalue weighted by Crippen LogP contribution is 2.59. The molecule has 0 radical (unpaired) electrons. The van der Waals surface area contributed by atoms with E-state index >= 15 is 0 Å². The van der Waals surface area contributed by atoms with Gasteiger partial charge >= 0.3 is 0 Å². The van der Waals surface area contributed by atoms with E-state index in [2.05, 4.69) is 31.9 Å². The second-order valence-electron chi connectivity index (χ2n) is 6.88. The average Bonchev–Trinajstić information content (AvgIpc) is 2.90. The number of benzene rings is 1. The number of phenolic OH excluding ortho intramolecular Hbond substituents is 1. The highest BCUT2D eigenvalue weighted by atomic mass is 16.5. The number of piperidine rings is 1. The van der Waals surface area contributed by atoms with Crippen molar-refractivity contribution < 1.29 is 14.6 Å². The van der Waals surface area contributed by atoms with E-state index in [1.807, 2.05) is 12.1 Å². The Kier molecular flexibility index (Phi) is 3.04. The smallest absolute Gasteiger partial charge is 0.169 e. The molecule has 0 bridgehead atoms. The van der Waals surface area contributed by atoms with Gasteiger partial charge in [-0.15, -0.1) is 0 Å². The van der Waals surface area contributed by atoms with Crippen LogP contribution >= 0.6 is 0 Å². The summed E-state index contributed by atoms with van der Waals surface area (Å²) in [6.07, 6.45) is 4.98. The number of fused-ring (bicyclic) bond motifs is 1. The molecule has 1 spiro atoms. The fourth-order valence-corrected chi connectivity index (χ4v) is 4.57. The van der Waals surface area contributed by atoms with Crippen molar-refractivity contribution in [3.63, 3.8) is 0 Å². The molecule has 2 aliphatic heterocycles. The Morgan fingerprint density at radius 3 is 2.87 bits per heavy atom. The molecule has 2 heterocycles. The van der Waals surface area contributed by atoms with Crippen LogP contribution in [0, 0.1) is 6.92 Å². The van der Waals surface area contributed by atoms with E-state index < -0.39 is 0 Å². The van der Waals surface area contributed by atoms with E-state index in [0.29, 0.717) is 11.8 Å². The first kappa shape index (κ1) is 14.6. The van der Waals surface area contributed by atoms with Crippen LogP contribution < -0.4 is 4.74 Å². The summed E-state index contributed by atoms with van der Waals surface area (Å²) in [5.74, 6) is 1.68. The topological polar surface area (TPSA) is 41.9 Å². The molecular formula is C19H23NO3. The molecule has 23 heavy (non-hydrogen) atoms. The molecule has 3 atom stereocenters. The van der Waals surface area contributed by atoms with E-state index in [4.69, 9.17) is 9.47 Å². The molecule has 4 rings (SSSR count). The maximum atomic E-state index is 10.4. The van der Waals surface area contributed by atoms with Crippen LogP contribution in [0.5, 0.6) is 11.5 Å². The summed E-state index contributed by atoms with van der Waals surface area (Å²) in [7, 11) is 3.85. The molecule has 1 fully saturated rings. The minimum Gasteiger partial charge on any atom is -0.504 e. The number of hydrogen-bond acceptors (Lipinski definition) is 4. The molecule has 0 amide bonds. The van der Waals surface area contributed by atoms with Crippen LogP contribution in [0.15, 0.2) is 35.6 Å². The number of nitrogens with zero attached hydrogens (tertiary/aromatic N) is 1. The van der Waals surface area contributed by atoms with Gasteiger partial charge in [0, 0.05) is 11.6 Å². The number of likely N-dealkylation sites (N-methyl/N-ethyl adjacent to an activating group) is 1. The minimum absolute atomic E-state index is 0.189.